The van der Waals surface area contributed by atoms with Crippen molar-refractivity contribution >= 4 is 16.1 Å². The van der Waals surface area contributed by atoms with Crippen LogP contribution in [-0.2, 0) is 16.4 Å². The number of carbonyl (C=O) groups is 1. The molecule has 0 heterocycles. The summed E-state index contributed by atoms with van der Waals surface area (Å²) < 4.78 is 22.1. The molecule has 2 amide bonds. The van der Waals surface area contributed by atoms with Gasteiger partial charge in [-0.1, -0.05) is 19.1 Å². The zero-order chi connectivity index (χ0) is 14.3. The summed E-state index contributed by atoms with van der Waals surface area (Å²) in [7, 11) is -3.64. The van der Waals surface area contributed by atoms with Crippen LogP contribution in [0, 0.1) is 0 Å². The van der Waals surface area contributed by atoms with Crippen molar-refractivity contribution in [2.24, 2.45) is 5.14 Å². The lowest BCUT2D eigenvalue weighted by Crippen LogP contribution is -2.36. The molecule has 0 aliphatic carbocycles. The molecule has 0 unspecified atom stereocenters. The molecular formula is C12H19N3O3S. The molecule has 0 aliphatic heterocycles. The van der Waals surface area contributed by atoms with E-state index in [0.29, 0.717) is 19.5 Å². The fraction of sp³-hybridized carbons (Fsp3) is 0.417. The van der Waals surface area contributed by atoms with Gasteiger partial charge in [-0.15, -0.1) is 0 Å². The third kappa shape index (κ3) is 5.71. The third-order valence-electron chi connectivity index (χ3n) is 2.49. The van der Waals surface area contributed by atoms with Crippen molar-refractivity contribution in [3.63, 3.8) is 0 Å². The summed E-state index contributed by atoms with van der Waals surface area (Å²) in [6, 6.07) is 6.10. The van der Waals surface area contributed by atoms with E-state index in [2.05, 4.69) is 10.6 Å². The van der Waals surface area contributed by atoms with E-state index in [1.165, 1.54) is 12.1 Å². The van der Waals surface area contributed by atoms with Crippen LogP contribution in [0.4, 0.5) is 4.79 Å². The third-order valence-corrected chi connectivity index (χ3v) is 3.42. The maximum atomic E-state index is 11.3. The second kappa shape index (κ2) is 7.10. The molecule has 1 aromatic rings. The zero-order valence-electron chi connectivity index (χ0n) is 10.8. The van der Waals surface area contributed by atoms with Crippen molar-refractivity contribution in [3.8, 4) is 0 Å². The summed E-state index contributed by atoms with van der Waals surface area (Å²) in [6.07, 6.45) is 1.52. The highest BCUT2D eigenvalue weighted by molar-refractivity contribution is 7.89. The second-order valence-corrected chi connectivity index (χ2v) is 5.68. The summed E-state index contributed by atoms with van der Waals surface area (Å²) in [6.45, 7) is 3.12. The molecule has 0 radical (unpaired) electrons. The Labute approximate surface area is 113 Å². The van der Waals surface area contributed by atoms with E-state index < -0.39 is 10.0 Å². The van der Waals surface area contributed by atoms with Gasteiger partial charge in [0.25, 0.3) is 0 Å². The summed E-state index contributed by atoms with van der Waals surface area (Å²) in [4.78, 5) is 11.3. The van der Waals surface area contributed by atoms with Crippen LogP contribution in [0.5, 0.6) is 0 Å². The number of urea groups is 1. The zero-order valence-corrected chi connectivity index (χ0v) is 11.7. The van der Waals surface area contributed by atoms with Gasteiger partial charge in [-0.2, -0.15) is 0 Å². The molecule has 0 fully saturated rings. The molecule has 0 spiro atoms. The maximum Gasteiger partial charge on any atom is 0.314 e. The van der Waals surface area contributed by atoms with Gasteiger partial charge in [0.15, 0.2) is 0 Å². The molecule has 0 aromatic heterocycles. The Morgan fingerprint density at radius 1 is 1.16 bits per heavy atom. The number of hydrogen-bond acceptors (Lipinski definition) is 3. The van der Waals surface area contributed by atoms with Crippen LogP contribution in [0.15, 0.2) is 29.2 Å². The van der Waals surface area contributed by atoms with Crippen molar-refractivity contribution in [2.75, 3.05) is 13.1 Å². The van der Waals surface area contributed by atoms with E-state index >= 15 is 0 Å². The van der Waals surface area contributed by atoms with Gasteiger partial charge >= 0.3 is 6.03 Å². The first-order chi connectivity index (χ1) is 8.93. The maximum absolute atomic E-state index is 11.3. The molecule has 0 aliphatic rings. The quantitative estimate of drug-likeness (QED) is 0.712. The standard InChI is InChI=1S/C12H19N3O3S/c1-2-8-14-12(16)15-9-7-10-3-5-11(6-4-10)19(13,17)18/h3-6H,2,7-9H2,1H3,(H2,13,17,18)(H2,14,15,16). The van der Waals surface area contributed by atoms with Crippen LogP contribution in [-0.4, -0.2) is 27.5 Å². The van der Waals surface area contributed by atoms with Gasteiger partial charge in [0.2, 0.25) is 10.0 Å². The monoisotopic (exact) mass is 285 g/mol. The molecule has 0 saturated carbocycles. The number of hydrogen-bond donors (Lipinski definition) is 3. The lowest BCUT2D eigenvalue weighted by Gasteiger charge is -2.07. The van der Waals surface area contributed by atoms with Crippen LogP contribution < -0.4 is 15.8 Å². The number of carbonyl (C=O) groups excluding carboxylic acids is 1. The topological polar surface area (TPSA) is 101 Å². The van der Waals surface area contributed by atoms with Gasteiger partial charge in [-0.3, -0.25) is 0 Å². The number of primary sulfonamides is 1. The Kier molecular flexibility index (Phi) is 5.78. The molecule has 4 N–H and O–H groups in total. The predicted octanol–water partition coefficient (Wildman–Crippen LogP) is 0.586. The molecule has 0 saturated heterocycles. The van der Waals surface area contributed by atoms with Crippen LogP contribution in [0.25, 0.3) is 0 Å². The minimum atomic E-state index is -3.64. The Morgan fingerprint density at radius 3 is 2.26 bits per heavy atom. The van der Waals surface area contributed by atoms with Crippen molar-refractivity contribution < 1.29 is 13.2 Å². The lowest BCUT2D eigenvalue weighted by atomic mass is 10.1. The largest absolute Gasteiger partial charge is 0.338 e. The Bertz CT molecular complexity index is 512. The molecule has 19 heavy (non-hydrogen) atoms. The molecular weight excluding hydrogens is 266 g/mol. The number of benzene rings is 1. The molecule has 0 atom stereocenters. The smallest absolute Gasteiger partial charge is 0.314 e. The van der Waals surface area contributed by atoms with E-state index in [0.717, 1.165) is 12.0 Å². The number of amides is 2. The first-order valence-electron chi connectivity index (χ1n) is 6.07. The summed E-state index contributed by atoms with van der Waals surface area (Å²) in [5.41, 5.74) is 0.934. The molecule has 1 rings (SSSR count). The lowest BCUT2D eigenvalue weighted by molar-refractivity contribution is 0.241. The molecule has 1 aromatic carbocycles. The number of sulfonamides is 1. The second-order valence-electron chi connectivity index (χ2n) is 4.12. The van der Waals surface area contributed by atoms with E-state index in [4.69, 9.17) is 5.14 Å². The Balaban J connectivity index is 2.40. The Morgan fingerprint density at radius 2 is 1.74 bits per heavy atom. The van der Waals surface area contributed by atoms with Gasteiger partial charge in [0.1, 0.15) is 0 Å². The normalized spacial score (nSPS) is 11.1. The SMILES string of the molecule is CCCNC(=O)NCCc1ccc(S(N)(=O)=O)cc1. The van der Waals surface area contributed by atoms with Crippen molar-refractivity contribution in [2.45, 2.75) is 24.7 Å². The van der Waals surface area contributed by atoms with E-state index in [1.807, 2.05) is 6.92 Å². The minimum absolute atomic E-state index is 0.0879. The van der Waals surface area contributed by atoms with Gasteiger partial charge in [-0.05, 0) is 30.5 Å². The fourth-order valence-corrected chi connectivity index (χ4v) is 1.98. The molecule has 106 valence electrons. The van der Waals surface area contributed by atoms with Crippen LogP contribution in [0.1, 0.15) is 18.9 Å². The van der Waals surface area contributed by atoms with Crippen molar-refractivity contribution in [1.82, 2.24) is 10.6 Å². The highest BCUT2D eigenvalue weighted by Crippen LogP contribution is 2.08. The first kappa shape index (κ1) is 15.5. The highest BCUT2D eigenvalue weighted by atomic mass is 32.2. The predicted molar refractivity (Wildman–Crippen MR) is 73.2 cm³/mol. The first-order valence-corrected chi connectivity index (χ1v) is 7.61. The number of rotatable bonds is 6. The summed E-state index contributed by atoms with van der Waals surface area (Å²) >= 11 is 0. The molecule has 6 nitrogen and oxygen atoms in total. The van der Waals surface area contributed by atoms with Crippen LogP contribution in [0.3, 0.4) is 0 Å². The van der Waals surface area contributed by atoms with Gasteiger partial charge < -0.3 is 10.6 Å². The fourth-order valence-electron chi connectivity index (χ4n) is 1.47. The van der Waals surface area contributed by atoms with Crippen molar-refractivity contribution in [3.05, 3.63) is 29.8 Å². The number of nitrogens with two attached hydrogens (primary N) is 1. The van der Waals surface area contributed by atoms with E-state index in [9.17, 15) is 13.2 Å². The van der Waals surface area contributed by atoms with E-state index in [1.54, 1.807) is 12.1 Å². The summed E-state index contributed by atoms with van der Waals surface area (Å²) in [5.74, 6) is 0. The highest BCUT2D eigenvalue weighted by Gasteiger charge is 2.06. The molecule has 7 heteroatoms. The number of nitrogens with one attached hydrogen (secondary N) is 2. The van der Waals surface area contributed by atoms with Crippen LogP contribution >= 0.6 is 0 Å². The van der Waals surface area contributed by atoms with Gasteiger partial charge in [-0.25, -0.2) is 18.4 Å². The van der Waals surface area contributed by atoms with E-state index in [-0.39, 0.29) is 10.9 Å². The van der Waals surface area contributed by atoms with Crippen LogP contribution in [0.2, 0.25) is 0 Å². The molecule has 0 bridgehead atoms. The minimum Gasteiger partial charge on any atom is -0.338 e. The average molecular weight is 285 g/mol. The van der Waals surface area contributed by atoms with Gasteiger partial charge in [0, 0.05) is 13.1 Å². The summed E-state index contributed by atoms with van der Waals surface area (Å²) in [5, 5.41) is 10.4. The Hall–Kier alpha value is -1.60. The average Bonchev–Trinajstić information content (AvgIpc) is 2.36. The van der Waals surface area contributed by atoms with Crippen molar-refractivity contribution in [1.29, 1.82) is 0 Å². The van der Waals surface area contributed by atoms with Gasteiger partial charge in [0.05, 0.1) is 4.90 Å².